The van der Waals surface area contributed by atoms with Crippen molar-refractivity contribution in [3.63, 3.8) is 0 Å². The molecule has 1 aromatic heterocycles. The van der Waals surface area contributed by atoms with E-state index >= 15 is 0 Å². The Bertz CT molecular complexity index is 1040. The van der Waals surface area contributed by atoms with E-state index in [0.717, 1.165) is 5.69 Å². The summed E-state index contributed by atoms with van der Waals surface area (Å²) in [7, 11) is 0. The lowest BCUT2D eigenvalue weighted by Crippen LogP contribution is -2.30. The molecule has 132 valence electrons. The lowest BCUT2D eigenvalue weighted by molar-refractivity contribution is -0.112. The Morgan fingerprint density at radius 1 is 0.778 bits per heavy atom. The lowest BCUT2D eigenvalue weighted by atomic mass is 9.84. The number of nitrogens with zero attached hydrogens (tertiary/aromatic N) is 1. The van der Waals surface area contributed by atoms with Crippen LogP contribution >= 0.6 is 0 Å². The van der Waals surface area contributed by atoms with Crippen molar-refractivity contribution in [1.82, 2.24) is 4.98 Å². The highest BCUT2D eigenvalue weighted by molar-refractivity contribution is 6.52. The van der Waals surface area contributed by atoms with Gasteiger partial charge in [-0.2, -0.15) is 0 Å². The lowest BCUT2D eigenvalue weighted by Gasteiger charge is -2.26. The van der Waals surface area contributed by atoms with Crippen molar-refractivity contribution in [2.75, 3.05) is 5.32 Å². The first-order chi connectivity index (χ1) is 13.2. The van der Waals surface area contributed by atoms with Crippen LogP contribution in [0.4, 0.5) is 5.69 Å². The normalized spacial score (nSPS) is 14.7. The molecule has 0 fully saturated rings. The van der Waals surface area contributed by atoms with Crippen LogP contribution in [0.25, 0.3) is 5.76 Å². The van der Waals surface area contributed by atoms with Crippen molar-refractivity contribution in [1.29, 1.82) is 0 Å². The predicted molar refractivity (Wildman–Crippen MR) is 102 cm³/mol. The van der Waals surface area contributed by atoms with E-state index in [1.807, 2.05) is 30.3 Å². The maximum Gasteiger partial charge on any atom is 0.235 e. The molecule has 1 aliphatic carbocycles. The van der Waals surface area contributed by atoms with Crippen LogP contribution in [0.15, 0.2) is 84.6 Å². The van der Waals surface area contributed by atoms with Gasteiger partial charge in [0.25, 0.3) is 0 Å². The molecule has 1 atom stereocenters. The van der Waals surface area contributed by atoms with Gasteiger partial charge in [-0.1, -0.05) is 48.5 Å². The highest BCUT2D eigenvalue weighted by atomic mass is 16.3. The van der Waals surface area contributed by atoms with E-state index in [1.165, 1.54) is 0 Å². The van der Waals surface area contributed by atoms with E-state index in [1.54, 1.807) is 48.7 Å². The third-order valence-electron chi connectivity index (χ3n) is 4.49. The molecule has 2 N–H and O–H groups in total. The summed E-state index contributed by atoms with van der Waals surface area (Å²) in [6.45, 7) is 0. The van der Waals surface area contributed by atoms with Gasteiger partial charge < -0.3 is 10.4 Å². The molecule has 5 heteroatoms. The van der Waals surface area contributed by atoms with E-state index in [9.17, 15) is 14.7 Å². The van der Waals surface area contributed by atoms with Gasteiger partial charge in [0.1, 0.15) is 11.8 Å². The molecule has 0 spiro atoms. The fourth-order valence-electron chi connectivity index (χ4n) is 3.19. The molecule has 5 nitrogen and oxygen atoms in total. The molecule has 1 heterocycles. The quantitative estimate of drug-likeness (QED) is 0.692. The smallest absolute Gasteiger partial charge is 0.235 e. The number of aliphatic hydroxyl groups excluding tert-OH is 1. The fraction of sp³-hybridized carbons (Fsp3) is 0.0455. The first-order valence-electron chi connectivity index (χ1n) is 8.51. The Hall–Kier alpha value is -3.73. The summed E-state index contributed by atoms with van der Waals surface area (Å²) in [5.74, 6) is -1.56. The number of carbonyl (C=O) groups excluding carboxylic acids is 2. The average Bonchev–Trinajstić information content (AvgIpc) is 2.73. The van der Waals surface area contributed by atoms with Gasteiger partial charge in [-0.15, -0.1) is 0 Å². The highest BCUT2D eigenvalue weighted by Gasteiger charge is 2.38. The maximum atomic E-state index is 12.9. The number of pyridine rings is 1. The van der Waals surface area contributed by atoms with Crippen LogP contribution < -0.4 is 5.32 Å². The first-order valence-corrected chi connectivity index (χ1v) is 8.51. The molecule has 2 aromatic carbocycles. The largest absolute Gasteiger partial charge is 0.507 e. The minimum absolute atomic E-state index is 0.00116. The fourth-order valence-corrected chi connectivity index (χ4v) is 3.19. The van der Waals surface area contributed by atoms with Crippen LogP contribution in [0.5, 0.6) is 0 Å². The SMILES string of the molecule is O=C1C(=O)c2ccccc2C(O)=C1C(Nc1ccccc1)c1ccccn1. The van der Waals surface area contributed by atoms with Crippen LogP contribution in [0.2, 0.25) is 0 Å². The van der Waals surface area contributed by atoms with Gasteiger partial charge >= 0.3 is 0 Å². The van der Waals surface area contributed by atoms with Crippen molar-refractivity contribution in [2.45, 2.75) is 6.04 Å². The number of rotatable bonds is 4. The van der Waals surface area contributed by atoms with Crippen LogP contribution in [0, 0.1) is 0 Å². The minimum atomic E-state index is -0.765. The number of para-hydroxylation sites is 1. The zero-order valence-electron chi connectivity index (χ0n) is 14.3. The monoisotopic (exact) mass is 356 g/mol. The Morgan fingerprint density at radius 2 is 1.44 bits per heavy atom. The van der Waals surface area contributed by atoms with Gasteiger partial charge in [0.05, 0.1) is 11.3 Å². The summed E-state index contributed by atoms with van der Waals surface area (Å²) < 4.78 is 0. The third-order valence-corrected chi connectivity index (χ3v) is 4.49. The van der Waals surface area contributed by atoms with E-state index in [2.05, 4.69) is 10.3 Å². The van der Waals surface area contributed by atoms with Gasteiger partial charge in [0.15, 0.2) is 0 Å². The molecule has 1 aliphatic rings. The van der Waals surface area contributed by atoms with Gasteiger partial charge in [-0.25, -0.2) is 0 Å². The van der Waals surface area contributed by atoms with E-state index < -0.39 is 17.6 Å². The zero-order valence-corrected chi connectivity index (χ0v) is 14.3. The summed E-state index contributed by atoms with van der Waals surface area (Å²) >= 11 is 0. The predicted octanol–water partition coefficient (Wildman–Crippen LogP) is 3.97. The molecule has 0 radical (unpaired) electrons. The summed E-state index contributed by atoms with van der Waals surface area (Å²) in [5.41, 5.74) is 1.84. The Morgan fingerprint density at radius 3 is 2.15 bits per heavy atom. The maximum absolute atomic E-state index is 12.9. The van der Waals surface area contributed by atoms with Gasteiger partial charge in [-0.3, -0.25) is 14.6 Å². The second-order valence-corrected chi connectivity index (χ2v) is 6.16. The molecule has 3 aromatic rings. The number of benzene rings is 2. The number of ketones is 2. The highest BCUT2D eigenvalue weighted by Crippen LogP contribution is 2.36. The van der Waals surface area contributed by atoms with Crippen molar-refractivity contribution in [2.24, 2.45) is 0 Å². The minimum Gasteiger partial charge on any atom is -0.507 e. The number of carbonyl (C=O) groups is 2. The Labute approximate surface area is 156 Å². The molecule has 1 unspecified atom stereocenters. The van der Waals surface area contributed by atoms with Crippen molar-refractivity contribution in [3.8, 4) is 0 Å². The van der Waals surface area contributed by atoms with Gasteiger partial charge in [-0.05, 0) is 24.3 Å². The number of anilines is 1. The van der Waals surface area contributed by atoms with Crippen LogP contribution in [0.3, 0.4) is 0 Å². The standard InChI is InChI=1S/C22H16N2O3/c25-20-15-10-4-5-11-16(15)21(26)22(27)18(20)19(17-12-6-7-13-23-17)24-14-8-2-1-3-9-14/h1-13,19,24-25H. The molecule has 0 saturated heterocycles. The second-order valence-electron chi connectivity index (χ2n) is 6.16. The number of hydrogen-bond acceptors (Lipinski definition) is 5. The van der Waals surface area contributed by atoms with E-state index in [0.29, 0.717) is 11.3 Å². The van der Waals surface area contributed by atoms with Gasteiger partial charge in [0.2, 0.25) is 11.6 Å². The zero-order chi connectivity index (χ0) is 18.8. The Kier molecular flexibility index (Phi) is 4.26. The summed E-state index contributed by atoms with van der Waals surface area (Å²) in [6, 6.07) is 20.4. The summed E-state index contributed by atoms with van der Waals surface area (Å²) in [6.07, 6.45) is 1.61. The number of fused-ring (bicyclic) bond motifs is 1. The molecule has 27 heavy (non-hydrogen) atoms. The molecule has 0 saturated carbocycles. The first kappa shape index (κ1) is 16.7. The molecule has 4 rings (SSSR count). The number of aromatic nitrogens is 1. The van der Waals surface area contributed by atoms with Crippen LogP contribution in [-0.4, -0.2) is 21.7 Å². The Balaban J connectivity index is 1.89. The molecule has 0 bridgehead atoms. The van der Waals surface area contributed by atoms with Crippen molar-refractivity contribution < 1.29 is 14.7 Å². The third kappa shape index (κ3) is 3.00. The van der Waals surface area contributed by atoms with E-state index in [4.69, 9.17) is 0 Å². The van der Waals surface area contributed by atoms with Crippen LogP contribution in [-0.2, 0) is 4.79 Å². The molecule has 0 aliphatic heterocycles. The van der Waals surface area contributed by atoms with E-state index in [-0.39, 0.29) is 16.9 Å². The number of nitrogens with one attached hydrogen (secondary N) is 1. The number of aliphatic hydroxyl groups is 1. The molecular formula is C22H16N2O3. The summed E-state index contributed by atoms with van der Waals surface area (Å²) in [4.78, 5) is 29.8. The van der Waals surface area contributed by atoms with Crippen LogP contribution in [0.1, 0.15) is 27.7 Å². The number of hydrogen-bond donors (Lipinski definition) is 2. The molecular weight excluding hydrogens is 340 g/mol. The molecule has 0 amide bonds. The number of Topliss-reactive ketones (excluding diaryl/α,β-unsaturated/α-hetero) is 2. The summed E-state index contributed by atoms with van der Waals surface area (Å²) in [5, 5.41) is 14.1. The average molecular weight is 356 g/mol. The topological polar surface area (TPSA) is 79.3 Å². The second kappa shape index (κ2) is 6.88. The van der Waals surface area contributed by atoms with Gasteiger partial charge in [0, 0.05) is 23.0 Å². The van der Waals surface area contributed by atoms with Crippen molar-refractivity contribution in [3.05, 3.63) is 101 Å². The van der Waals surface area contributed by atoms with Crippen molar-refractivity contribution >= 4 is 23.0 Å².